The van der Waals surface area contributed by atoms with E-state index in [2.05, 4.69) is 15.3 Å². The Kier molecular flexibility index (Phi) is 8.62. The number of nitrogens with one attached hydrogen (secondary N) is 1. The third kappa shape index (κ3) is 6.25. The van der Waals surface area contributed by atoms with E-state index in [9.17, 15) is 26.7 Å². The number of amidine groups is 1. The molecule has 1 aliphatic heterocycles. The van der Waals surface area contributed by atoms with Crippen molar-refractivity contribution in [3.8, 4) is 10.6 Å². The number of nitrogens with zero attached hydrogens (tertiary/aromatic N) is 3. The maximum atomic E-state index is 14.1. The first-order valence-corrected chi connectivity index (χ1v) is 11.4. The van der Waals surface area contributed by atoms with E-state index in [1.807, 2.05) is 0 Å². The molecular weight excluding hydrogens is 493 g/mol. The minimum absolute atomic E-state index is 0.0251. The van der Waals surface area contributed by atoms with Gasteiger partial charge >= 0.3 is 0 Å². The van der Waals surface area contributed by atoms with Crippen LogP contribution in [0.2, 0.25) is 0 Å². The first-order chi connectivity index (χ1) is 16.6. The molecule has 0 aliphatic carbocycles. The molecule has 0 spiro atoms. The van der Waals surface area contributed by atoms with Crippen LogP contribution < -0.4 is 22.5 Å². The SMILES string of the molecule is N/C=C(/NC(=O)c1nc(-c2c(F)cccc2F)sc1N)C(=NCC(F)F)N1CCC(N)C(F)CC1. The van der Waals surface area contributed by atoms with Gasteiger partial charge in [-0.2, -0.15) is 0 Å². The number of aromatic nitrogens is 1. The Morgan fingerprint density at radius 3 is 2.57 bits per heavy atom. The van der Waals surface area contributed by atoms with Crippen LogP contribution in [0.1, 0.15) is 23.3 Å². The van der Waals surface area contributed by atoms with E-state index in [0.717, 1.165) is 18.3 Å². The van der Waals surface area contributed by atoms with Crippen LogP contribution in [0, 0.1) is 11.6 Å². The minimum Gasteiger partial charge on any atom is -0.403 e. The molecule has 8 nitrogen and oxygen atoms in total. The maximum absolute atomic E-state index is 14.1. The predicted molar refractivity (Wildman–Crippen MR) is 124 cm³/mol. The number of aliphatic imine (C=N–C) groups is 1. The Hall–Kier alpha value is -3.26. The molecule has 1 fully saturated rings. The molecule has 1 saturated heterocycles. The highest BCUT2D eigenvalue weighted by Crippen LogP contribution is 2.33. The summed E-state index contributed by atoms with van der Waals surface area (Å²) in [5.41, 5.74) is 16.4. The molecule has 3 rings (SSSR count). The average Bonchev–Trinajstić information content (AvgIpc) is 3.10. The number of nitrogen functional groups attached to an aromatic ring is 1. The molecule has 2 aromatic rings. The van der Waals surface area contributed by atoms with Gasteiger partial charge < -0.3 is 27.4 Å². The number of benzene rings is 1. The lowest BCUT2D eigenvalue weighted by atomic mass is 10.1. The van der Waals surface area contributed by atoms with Crippen LogP contribution in [0.3, 0.4) is 0 Å². The lowest BCUT2D eigenvalue weighted by Gasteiger charge is -2.26. The number of rotatable bonds is 6. The topological polar surface area (TPSA) is 136 Å². The second-order valence-corrected chi connectivity index (χ2v) is 8.69. The summed E-state index contributed by atoms with van der Waals surface area (Å²) in [6.45, 7) is -0.605. The zero-order valence-electron chi connectivity index (χ0n) is 18.4. The van der Waals surface area contributed by atoms with Crippen molar-refractivity contribution in [3.05, 3.63) is 47.4 Å². The summed E-state index contributed by atoms with van der Waals surface area (Å²) >= 11 is 0.692. The van der Waals surface area contributed by atoms with E-state index in [-0.39, 0.29) is 53.2 Å². The highest BCUT2D eigenvalue weighted by atomic mass is 32.1. The maximum Gasteiger partial charge on any atom is 0.277 e. The summed E-state index contributed by atoms with van der Waals surface area (Å²) in [4.78, 5) is 22.3. The zero-order chi connectivity index (χ0) is 25.7. The van der Waals surface area contributed by atoms with E-state index in [1.165, 1.54) is 11.0 Å². The molecule has 14 heteroatoms. The van der Waals surface area contributed by atoms with Crippen LogP contribution in [0.5, 0.6) is 0 Å². The molecule has 0 saturated carbocycles. The van der Waals surface area contributed by atoms with Gasteiger partial charge in [0.05, 0.1) is 11.3 Å². The molecule has 2 heterocycles. The summed E-state index contributed by atoms with van der Waals surface area (Å²) in [5.74, 6) is -2.77. The number of anilines is 1. The van der Waals surface area contributed by atoms with E-state index in [1.54, 1.807) is 0 Å². The number of hydrogen-bond donors (Lipinski definition) is 4. The van der Waals surface area contributed by atoms with Crippen LogP contribution in [0.15, 0.2) is 35.1 Å². The number of carbonyl (C=O) groups is 1. The number of thiazole rings is 1. The van der Waals surface area contributed by atoms with Crippen molar-refractivity contribution in [1.29, 1.82) is 0 Å². The van der Waals surface area contributed by atoms with Crippen molar-refractivity contribution in [2.45, 2.75) is 31.5 Å². The monoisotopic (exact) mass is 517 g/mol. The molecular formula is C21H24F5N7OS. The molecule has 0 radical (unpaired) electrons. The Morgan fingerprint density at radius 1 is 1.29 bits per heavy atom. The molecule has 2 unspecified atom stereocenters. The van der Waals surface area contributed by atoms with Gasteiger partial charge in [0, 0.05) is 25.3 Å². The number of likely N-dealkylation sites (tertiary alicyclic amines) is 1. The van der Waals surface area contributed by atoms with Gasteiger partial charge in [-0.15, -0.1) is 0 Å². The molecule has 1 amide bonds. The van der Waals surface area contributed by atoms with Crippen LogP contribution in [0.25, 0.3) is 10.6 Å². The molecule has 35 heavy (non-hydrogen) atoms. The Morgan fingerprint density at radius 2 is 1.94 bits per heavy atom. The van der Waals surface area contributed by atoms with Gasteiger partial charge in [-0.25, -0.2) is 26.9 Å². The van der Waals surface area contributed by atoms with Crippen molar-refractivity contribution in [1.82, 2.24) is 15.2 Å². The largest absolute Gasteiger partial charge is 0.403 e. The summed E-state index contributed by atoms with van der Waals surface area (Å²) in [6, 6.07) is 2.51. The second-order valence-electron chi connectivity index (χ2n) is 7.66. The quantitative estimate of drug-likeness (QED) is 0.264. The van der Waals surface area contributed by atoms with Gasteiger partial charge in [-0.05, 0) is 25.0 Å². The number of alkyl halides is 3. The summed E-state index contributed by atoms with van der Waals surface area (Å²) < 4.78 is 68.1. The van der Waals surface area contributed by atoms with E-state index in [4.69, 9.17) is 17.2 Å². The van der Waals surface area contributed by atoms with Crippen LogP contribution in [-0.4, -0.2) is 59.9 Å². The van der Waals surface area contributed by atoms with Crippen molar-refractivity contribution in [3.63, 3.8) is 0 Å². The van der Waals surface area contributed by atoms with Crippen molar-refractivity contribution in [2.75, 3.05) is 25.4 Å². The average molecular weight is 518 g/mol. The minimum atomic E-state index is -2.78. The van der Waals surface area contributed by atoms with E-state index >= 15 is 0 Å². The normalized spacial score (nSPS) is 19.7. The zero-order valence-corrected chi connectivity index (χ0v) is 19.2. The standard InChI is InChI=1S/C21H24F5N7OS/c22-10-4-6-33(7-5-13(10)28)19(30-9-15(25)26)14(8-27)31-20(34)17-18(29)35-21(32-17)16-11(23)2-1-3-12(16)24/h1-3,8,10,13,15H,4-7,9,27-29H2,(H,31,34)/b14-8+,30-19?. The van der Waals surface area contributed by atoms with Crippen LogP contribution >= 0.6 is 11.3 Å². The Bertz CT molecular complexity index is 1090. The molecule has 1 aliphatic rings. The number of hydrogen-bond acceptors (Lipinski definition) is 7. The van der Waals surface area contributed by atoms with Gasteiger partial charge in [0.25, 0.3) is 12.3 Å². The Balaban J connectivity index is 1.88. The molecule has 2 atom stereocenters. The number of amides is 1. The molecule has 190 valence electrons. The summed E-state index contributed by atoms with van der Waals surface area (Å²) in [7, 11) is 0. The van der Waals surface area contributed by atoms with Gasteiger partial charge in [0.2, 0.25) is 0 Å². The van der Waals surface area contributed by atoms with Crippen molar-refractivity contribution < 1.29 is 26.7 Å². The second kappa shape index (κ2) is 11.4. The lowest BCUT2D eigenvalue weighted by molar-refractivity contribution is 0.0963. The van der Waals surface area contributed by atoms with E-state index in [0.29, 0.717) is 11.3 Å². The molecule has 0 bridgehead atoms. The van der Waals surface area contributed by atoms with Gasteiger partial charge in [-0.1, -0.05) is 17.4 Å². The lowest BCUT2D eigenvalue weighted by Crippen LogP contribution is -2.40. The smallest absolute Gasteiger partial charge is 0.277 e. The predicted octanol–water partition coefficient (Wildman–Crippen LogP) is 2.63. The molecule has 1 aromatic heterocycles. The fraction of sp³-hybridized carbons (Fsp3) is 0.381. The third-order valence-electron chi connectivity index (χ3n) is 5.25. The Labute approximate surface area is 201 Å². The van der Waals surface area contributed by atoms with Crippen molar-refractivity contribution in [2.24, 2.45) is 16.5 Å². The first kappa shape index (κ1) is 26.3. The summed E-state index contributed by atoms with van der Waals surface area (Å²) in [5, 5.41) is 2.11. The van der Waals surface area contributed by atoms with Gasteiger partial charge in [0.15, 0.2) is 5.69 Å². The van der Waals surface area contributed by atoms with E-state index < -0.39 is 48.3 Å². The van der Waals surface area contributed by atoms with Gasteiger partial charge in [0.1, 0.15) is 40.2 Å². The highest BCUT2D eigenvalue weighted by molar-refractivity contribution is 7.19. The molecule has 7 N–H and O–H groups in total. The molecule has 1 aromatic carbocycles. The highest BCUT2D eigenvalue weighted by Gasteiger charge is 2.28. The first-order valence-electron chi connectivity index (χ1n) is 10.5. The fourth-order valence-electron chi connectivity index (χ4n) is 3.47. The fourth-order valence-corrected chi connectivity index (χ4v) is 4.35. The van der Waals surface area contributed by atoms with Crippen LogP contribution in [0.4, 0.5) is 27.0 Å². The van der Waals surface area contributed by atoms with Gasteiger partial charge in [-0.3, -0.25) is 9.79 Å². The van der Waals surface area contributed by atoms with Crippen LogP contribution in [-0.2, 0) is 0 Å². The number of carbonyl (C=O) groups excluding carboxylic acids is 1. The van der Waals surface area contributed by atoms with Crippen molar-refractivity contribution >= 4 is 28.1 Å². The summed E-state index contributed by atoms with van der Waals surface area (Å²) in [6.07, 6.45) is -2.88. The number of halogens is 5. The number of nitrogens with two attached hydrogens (primary N) is 3. The third-order valence-corrected chi connectivity index (χ3v) is 6.15.